The molecule has 1 aromatic heterocycles. The highest BCUT2D eigenvalue weighted by Gasteiger charge is 2.20. The Kier molecular flexibility index (Phi) is 7.96. The van der Waals surface area contributed by atoms with Crippen LogP contribution in [0.2, 0.25) is 0 Å². The quantitative estimate of drug-likeness (QED) is 0.359. The summed E-state index contributed by atoms with van der Waals surface area (Å²) in [5.41, 5.74) is 2.10. The molecule has 4 rings (SSSR count). The monoisotopic (exact) mass is 449 g/mol. The van der Waals surface area contributed by atoms with E-state index in [-0.39, 0.29) is 0 Å². The average Bonchev–Trinajstić information content (AvgIpc) is 3.28. The number of benzene rings is 2. The Morgan fingerprint density at radius 2 is 1.59 bits per heavy atom. The van der Waals surface area contributed by atoms with Gasteiger partial charge in [0.25, 0.3) is 0 Å². The highest BCUT2D eigenvalue weighted by atomic mass is 32.2. The molecule has 1 amide bonds. The number of thioether (sulfide) groups is 1. The molecule has 32 heavy (non-hydrogen) atoms. The van der Waals surface area contributed by atoms with Gasteiger partial charge in [-0.1, -0.05) is 67.2 Å². The van der Waals surface area contributed by atoms with Crippen LogP contribution in [-0.2, 0) is 4.79 Å². The van der Waals surface area contributed by atoms with Gasteiger partial charge in [-0.25, -0.2) is 0 Å². The third-order valence-corrected chi connectivity index (χ3v) is 6.88. The maximum absolute atomic E-state index is 12.5. The topological polar surface area (TPSA) is 54.3 Å². The number of hydrogen-bond donors (Lipinski definition) is 0. The summed E-state index contributed by atoms with van der Waals surface area (Å²) in [7, 11) is 0. The van der Waals surface area contributed by atoms with E-state index in [0.717, 1.165) is 73.5 Å². The fraction of sp³-hybridized carbons (Fsp3) is 0.400. The van der Waals surface area contributed by atoms with Crippen LogP contribution in [0.1, 0.15) is 26.2 Å². The molecule has 0 unspecified atom stereocenters. The Labute approximate surface area is 194 Å². The van der Waals surface area contributed by atoms with Gasteiger partial charge in [0, 0.05) is 49.6 Å². The van der Waals surface area contributed by atoms with Crippen molar-refractivity contribution in [3.8, 4) is 17.1 Å². The summed E-state index contributed by atoms with van der Waals surface area (Å²) in [6.45, 7) is 6.97. The Balaban J connectivity index is 1.33. The van der Waals surface area contributed by atoms with Crippen LogP contribution in [0.3, 0.4) is 0 Å². The number of rotatable bonds is 9. The summed E-state index contributed by atoms with van der Waals surface area (Å²) in [5.74, 6) is 2.06. The molecule has 0 atom stereocenters. The summed E-state index contributed by atoms with van der Waals surface area (Å²) in [4.78, 5) is 16.9. The Morgan fingerprint density at radius 3 is 2.28 bits per heavy atom. The number of nitrogens with zero attached hydrogens (tertiary/aromatic N) is 5. The van der Waals surface area contributed by atoms with Crippen molar-refractivity contribution in [2.45, 2.75) is 31.3 Å². The number of aromatic nitrogens is 3. The molecule has 7 heteroatoms. The first-order valence-electron chi connectivity index (χ1n) is 11.5. The fourth-order valence-corrected chi connectivity index (χ4v) is 4.91. The zero-order valence-corrected chi connectivity index (χ0v) is 19.5. The predicted octanol–water partition coefficient (Wildman–Crippen LogP) is 4.36. The highest BCUT2D eigenvalue weighted by molar-refractivity contribution is 7.99. The van der Waals surface area contributed by atoms with Crippen LogP contribution in [0.25, 0.3) is 17.1 Å². The van der Waals surface area contributed by atoms with E-state index in [1.54, 1.807) is 11.8 Å². The van der Waals surface area contributed by atoms with Crippen molar-refractivity contribution in [3.63, 3.8) is 0 Å². The first kappa shape index (κ1) is 22.6. The molecule has 0 radical (unpaired) electrons. The molecule has 0 N–H and O–H groups in total. The lowest BCUT2D eigenvalue weighted by Crippen LogP contribution is -2.48. The molecule has 0 aliphatic carbocycles. The third kappa shape index (κ3) is 5.58. The van der Waals surface area contributed by atoms with Crippen LogP contribution in [0.4, 0.5) is 0 Å². The number of hydrogen-bond acceptors (Lipinski definition) is 5. The second-order valence-corrected chi connectivity index (χ2v) is 9.03. The van der Waals surface area contributed by atoms with E-state index in [0.29, 0.717) is 12.3 Å². The summed E-state index contributed by atoms with van der Waals surface area (Å²) < 4.78 is 2.12. The molecule has 3 aromatic rings. The maximum Gasteiger partial charge on any atom is 0.222 e. The zero-order valence-electron chi connectivity index (χ0n) is 18.7. The van der Waals surface area contributed by atoms with Gasteiger partial charge in [-0.3, -0.25) is 9.36 Å². The van der Waals surface area contributed by atoms with E-state index in [9.17, 15) is 4.79 Å². The number of amides is 1. The molecule has 0 bridgehead atoms. The lowest BCUT2D eigenvalue weighted by atomic mass is 10.2. The van der Waals surface area contributed by atoms with E-state index in [1.165, 1.54) is 0 Å². The van der Waals surface area contributed by atoms with Crippen LogP contribution in [-0.4, -0.2) is 68.9 Å². The minimum atomic E-state index is 0.296. The van der Waals surface area contributed by atoms with Crippen molar-refractivity contribution < 1.29 is 4.79 Å². The average molecular weight is 450 g/mol. The minimum absolute atomic E-state index is 0.296. The molecule has 0 spiro atoms. The van der Waals surface area contributed by atoms with Gasteiger partial charge in [-0.2, -0.15) is 0 Å². The lowest BCUT2D eigenvalue weighted by molar-refractivity contribution is -0.133. The standard InChI is InChI=1S/C25H31N5OS/c1-2-28-16-18-29(19-17-28)23(31)15-9-10-20-32-25-27-26-24(21-11-5-3-6-12-21)30(25)22-13-7-4-8-14-22/h3-8,11-14H,2,9-10,15-20H2,1H3. The van der Waals surface area contributed by atoms with Crippen LogP contribution in [0.15, 0.2) is 65.8 Å². The van der Waals surface area contributed by atoms with Crippen molar-refractivity contribution in [3.05, 3.63) is 60.7 Å². The Hall–Kier alpha value is -2.64. The van der Waals surface area contributed by atoms with Crippen molar-refractivity contribution >= 4 is 17.7 Å². The van der Waals surface area contributed by atoms with Gasteiger partial charge in [-0.15, -0.1) is 10.2 Å². The van der Waals surface area contributed by atoms with Crippen molar-refractivity contribution in [1.82, 2.24) is 24.6 Å². The molecular weight excluding hydrogens is 418 g/mol. The summed E-state index contributed by atoms with van der Waals surface area (Å²) in [6, 6.07) is 20.4. The van der Waals surface area contributed by atoms with Gasteiger partial charge in [-0.05, 0) is 31.5 Å². The van der Waals surface area contributed by atoms with Crippen LogP contribution < -0.4 is 0 Å². The van der Waals surface area contributed by atoms with E-state index >= 15 is 0 Å². The normalized spacial score (nSPS) is 14.6. The molecular formula is C25H31N5OS. The lowest BCUT2D eigenvalue weighted by Gasteiger charge is -2.34. The molecule has 2 heterocycles. The number of unbranched alkanes of at least 4 members (excludes halogenated alkanes) is 1. The number of likely N-dealkylation sites (N-methyl/N-ethyl adjacent to an activating group) is 1. The van der Waals surface area contributed by atoms with Gasteiger partial charge in [0.15, 0.2) is 11.0 Å². The van der Waals surface area contributed by atoms with E-state index < -0.39 is 0 Å². The van der Waals surface area contributed by atoms with Crippen molar-refractivity contribution in [1.29, 1.82) is 0 Å². The number of carbonyl (C=O) groups excluding carboxylic acids is 1. The van der Waals surface area contributed by atoms with E-state index in [2.05, 4.69) is 50.9 Å². The van der Waals surface area contributed by atoms with Gasteiger partial charge < -0.3 is 9.80 Å². The number of para-hydroxylation sites is 1. The third-order valence-electron chi connectivity index (χ3n) is 5.87. The van der Waals surface area contributed by atoms with Gasteiger partial charge >= 0.3 is 0 Å². The summed E-state index contributed by atoms with van der Waals surface area (Å²) >= 11 is 1.71. The van der Waals surface area contributed by atoms with E-state index in [1.807, 2.05) is 41.3 Å². The Bertz CT molecular complexity index is 984. The van der Waals surface area contributed by atoms with E-state index in [4.69, 9.17) is 0 Å². The minimum Gasteiger partial charge on any atom is -0.340 e. The van der Waals surface area contributed by atoms with Crippen molar-refractivity contribution in [2.24, 2.45) is 0 Å². The smallest absolute Gasteiger partial charge is 0.222 e. The molecule has 168 valence electrons. The van der Waals surface area contributed by atoms with Gasteiger partial charge in [0.05, 0.1) is 0 Å². The first-order valence-corrected chi connectivity index (χ1v) is 12.4. The number of piperazine rings is 1. The van der Waals surface area contributed by atoms with Crippen molar-refractivity contribution in [2.75, 3.05) is 38.5 Å². The SMILES string of the molecule is CCN1CCN(C(=O)CCCCSc2nnc(-c3ccccc3)n2-c2ccccc2)CC1. The fourth-order valence-electron chi connectivity index (χ4n) is 3.96. The molecule has 1 aliphatic rings. The second kappa shape index (κ2) is 11.3. The molecule has 1 fully saturated rings. The van der Waals surface area contributed by atoms with Crippen LogP contribution >= 0.6 is 11.8 Å². The van der Waals surface area contributed by atoms with Crippen LogP contribution in [0.5, 0.6) is 0 Å². The predicted molar refractivity (Wildman–Crippen MR) is 130 cm³/mol. The van der Waals surface area contributed by atoms with Gasteiger partial charge in [0.2, 0.25) is 5.91 Å². The molecule has 1 saturated heterocycles. The molecule has 2 aromatic carbocycles. The highest BCUT2D eigenvalue weighted by Crippen LogP contribution is 2.28. The number of carbonyl (C=O) groups is 1. The molecule has 1 aliphatic heterocycles. The molecule has 0 saturated carbocycles. The summed E-state index contributed by atoms with van der Waals surface area (Å²) in [6.07, 6.45) is 2.52. The molecule has 6 nitrogen and oxygen atoms in total. The largest absolute Gasteiger partial charge is 0.340 e. The van der Waals surface area contributed by atoms with Gasteiger partial charge in [0.1, 0.15) is 0 Å². The Morgan fingerprint density at radius 1 is 0.906 bits per heavy atom. The maximum atomic E-state index is 12.5. The van der Waals surface area contributed by atoms with Crippen LogP contribution in [0, 0.1) is 0 Å². The summed E-state index contributed by atoms with van der Waals surface area (Å²) in [5, 5.41) is 9.86. The first-order chi connectivity index (χ1) is 15.8. The zero-order chi connectivity index (χ0) is 22.2. The second-order valence-electron chi connectivity index (χ2n) is 7.96.